The fraction of sp³-hybridized carbons (Fsp3) is 0.174. The van der Waals surface area contributed by atoms with E-state index < -0.39 is 12.1 Å². The molecule has 1 N–H and O–H groups in total. The summed E-state index contributed by atoms with van der Waals surface area (Å²) in [6, 6.07) is 20.6. The van der Waals surface area contributed by atoms with E-state index in [1.165, 1.54) is 0 Å². The Morgan fingerprint density at radius 3 is 1.97 bits per heavy atom. The van der Waals surface area contributed by atoms with Crippen LogP contribution < -0.4 is 14.2 Å². The van der Waals surface area contributed by atoms with Gasteiger partial charge in [0.25, 0.3) is 0 Å². The highest BCUT2D eigenvalue weighted by Crippen LogP contribution is 2.26. The third kappa shape index (κ3) is 6.58. The Hall–Kier alpha value is -2.89. The lowest BCUT2D eigenvalue weighted by molar-refractivity contribution is -0.145. The maximum absolute atomic E-state index is 11.6. The molecule has 3 rings (SSSR count). The Kier molecular flexibility index (Phi) is 7.82. The molecule has 0 aromatic heterocycles. The lowest BCUT2D eigenvalue weighted by atomic mass is 10.1. The molecule has 0 aliphatic heterocycles. The minimum absolute atomic E-state index is 0.385. The number of carboxylic acid groups (broad SMARTS) is 1. The Labute approximate surface area is 184 Å². The molecule has 0 aliphatic rings. The highest BCUT2D eigenvalue weighted by atomic mass is 35.5. The number of aliphatic carboxylic acids is 1. The van der Waals surface area contributed by atoms with Crippen molar-refractivity contribution in [3.05, 3.63) is 88.4 Å². The molecule has 3 aromatic carbocycles. The first-order valence-corrected chi connectivity index (χ1v) is 10.0. The van der Waals surface area contributed by atoms with Gasteiger partial charge < -0.3 is 19.3 Å². The predicted octanol–water partition coefficient (Wildman–Crippen LogP) is 6.05. The van der Waals surface area contributed by atoms with Gasteiger partial charge in [0.05, 0.1) is 13.2 Å². The van der Waals surface area contributed by atoms with Crippen molar-refractivity contribution in [2.75, 3.05) is 13.2 Å². The second kappa shape index (κ2) is 10.8. The Bertz CT molecular complexity index is 958. The summed E-state index contributed by atoms with van der Waals surface area (Å²) in [5, 5.41) is 10.7. The van der Waals surface area contributed by atoms with Crippen LogP contribution in [0.15, 0.2) is 72.8 Å². The van der Waals surface area contributed by atoms with Crippen molar-refractivity contribution in [2.45, 2.75) is 12.5 Å². The van der Waals surface area contributed by atoms with Gasteiger partial charge in [-0.2, -0.15) is 0 Å². The number of benzene rings is 3. The van der Waals surface area contributed by atoms with E-state index in [0.717, 1.165) is 5.75 Å². The van der Waals surface area contributed by atoms with Gasteiger partial charge in [-0.3, -0.25) is 0 Å². The molecule has 0 saturated carbocycles. The van der Waals surface area contributed by atoms with Gasteiger partial charge >= 0.3 is 5.97 Å². The third-order valence-electron chi connectivity index (χ3n) is 4.10. The lowest BCUT2D eigenvalue weighted by Gasteiger charge is -2.16. The summed E-state index contributed by atoms with van der Waals surface area (Å²) < 4.78 is 16.9. The fourth-order valence-corrected chi connectivity index (χ4v) is 2.95. The molecule has 5 nitrogen and oxygen atoms in total. The van der Waals surface area contributed by atoms with E-state index in [-0.39, 0.29) is 0 Å². The van der Waals surface area contributed by atoms with Crippen LogP contribution in [0.4, 0.5) is 0 Å². The molecular formula is C23H20Cl2O5. The third-order valence-corrected chi connectivity index (χ3v) is 4.58. The van der Waals surface area contributed by atoms with Crippen molar-refractivity contribution in [3.8, 4) is 17.2 Å². The van der Waals surface area contributed by atoms with E-state index in [2.05, 4.69) is 0 Å². The van der Waals surface area contributed by atoms with Crippen LogP contribution in [0, 0.1) is 0 Å². The molecule has 0 bridgehead atoms. The van der Waals surface area contributed by atoms with Gasteiger partial charge in [-0.25, -0.2) is 4.79 Å². The molecule has 1 unspecified atom stereocenters. The van der Waals surface area contributed by atoms with Crippen LogP contribution in [-0.4, -0.2) is 24.3 Å². The van der Waals surface area contributed by atoms with Crippen molar-refractivity contribution in [3.63, 3.8) is 0 Å². The van der Waals surface area contributed by atoms with Crippen LogP contribution in [0.5, 0.6) is 17.2 Å². The summed E-state index contributed by atoms with van der Waals surface area (Å²) in [5.41, 5.74) is 0.501. The first-order valence-electron chi connectivity index (χ1n) is 9.27. The smallest absolute Gasteiger partial charge is 0.349 e. The molecule has 7 heteroatoms. The van der Waals surface area contributed by atoms with Crippen LogP contribution in [0.3, 0.4) is 0 Å². The van der Waals surface area contributed by atoms with Crippen LogP contribution in [0.2, 0.25) is 10.0 Å². The highest BCUT2D eigenvalue weighted by Gasteiger charge is 2.22. The van der Waals surface area contributed by atoms with E-state index in [9.17, 15) is 9.90 Å². The summed E-state index contributed by atoms with van der Waals surface area (Å²) in [6.07, 6.45) is -0.453. The molecule has 3 aromatic rings. The average Bonchev–Trinajstić information content (AvgIpc) is 2.73. The Balaban J connectivity index is 1.49. The standard InChI is InChI=1S/C23H20Cl2O5/c24-17-7-11-20(12-8-17)29-14-2-13-28-19-9-5-16(6-10-19)22(23(26)27)30-21-4-1-3-18(25)15-21/h1,3-12,15,22H,2,13-14H2,(H,26,27). The van der Waals surface area contributed by atoms with E-state index in [1.54, 1.807) is 60.7 Å². The van der Waals surface area contributed by atoms with Gasteiger partial charge in [0.2, 0.25) is 6.10 Å². The van der Waals surface area contributed by atoms with Gasteiger partial charge in [-0.05, 0) is 54.6 Å². The molecule has 30 heavy (non-hydrogen) atoms. The van der Waals surface area contributed by atoms with Crippen molar-refractivity contribution >= 4 is 29.2 Å². The predicted molar refractivity (Wildman–Crippen MR) is 116 cm³/mol. The van der Waals surface area contributed by atoms with Crippen LogP contribution in [0.25, 0.3) is 0 Å². The summed E-state index contributed by atoms with van der Waals surface area (Å²) in [5.74, 6) is 0.680. The van der Waals surface area contributed by atoms with Gasteiger partial charge in [0, 0.05) is 22.0 Å². The largest absolute Gasteiger partial charge is 0.493 e. The minimum Gasteiger partial charge on any atom is -0.493 e. The van der Waals surface area contributed by atoms with Crippen molar-refractivity contribution in [2.24, 2.45) is 0 Å². The normalized spacial score (nSPS) is 11.5. The van der Waals surface area contributed by atoms with Gasteiger partial charge in [0.1, 0.15) is 17.2 Å². The molecule has 0 heterocycles. The molecule has 1 atom stereocenters. The molecular weight excluding hydrogens is 427 g/mol. The number of hydrogen-bond acceptors (Lipinski definition) is 4. The molecule has 0 amide bonds. The summed E-state index contributed by atoms with van der Waals surface area (Å²) in [7, 11) is 0. The quantitative estimate of drug-likeness (QED) is 0.384. The second-order valence-electron chi connectivity index (χ2n) is 6.37. The van der Waals surface area contributed by atoms with Gasteiger partial charge in [-0.1, -0.05) is 41.4 Å². The van der Waals surface area contributed by atoms with E-state index >= 15 is 0 Å². The van der Waals surface area contributed by atoms with Crippen LogP contribution in [0.1, 0.15) is 18.1 Å². The molecule has 156 valence electrons. The fourth-order valence-electron chi connectivity index (χ4n) is 2.65. The van der Waals surface area contributed by atoms with E-state index in [1.807, 2.05) is 12.1 Å². The summed E-state index contributed by atoms with van der Waals surface area (Å²) in [6.45, 7) is 0.975. The summed E-state index contributed by atoms with van der Waals surface area (Å²) in [4.78, 5) is 11.6. The Morgan fingerprint density at radius 2 is 1.40 bits per heavy atom. The summed E-state index contributed by atoms with van der Waals surface area (Å²) >= 11 is 11.8. The van der Waals surface area contributed by atoms with Crippen molar-refractivity contribution in [1.29, 1.82) is 0 Å². The second-order valence-corrected chi connectivity index (χ2v) is 7.24. The SMILES string of the molecule is O=C(O)C(Oc1cccc(Cl)c1)c1ccc(OCCCOc2ccc(Cl)cc2)cc1. The maximum atomic E-state index is 11.6. The zero-order valence-corrected chi connectivity index (χ0v) is 17.5. The highest BCUT2D eigenvalue weighted by molar-refractivity contribution is 6.30. The molecule has 0 saturated heterocycles. The van der Waals surface area contributed by atoms with Crippen LogP contribution >= 0.6 is 23.2 Å². The number of ether oxygens (including phenoxy) is 3. The van der Waals surface area contributed by atoms with Gasteiger partial charge in [0.15, 0.2) is 0 Å². The minimum atomic E-state index is -1.15. The molecule has 0 radical (unpaired) electrons. The number of rotatable bonds is 10. The Morgan fingerprint density at radius 1 is 0.800 bits per heavy atom. The van der Waals surface area contributed by atoms with Crippen molar-refractivity contribution in [1.82, 2.24) is 0 Å². The van der Waals surface area contributed by atoms with Gasteiger partial charge in [-0.15, -0.1) is 0 Å². The molecule has 0 aliphatic carbocycles. The lowest BCUT2D eigenvalue weighted by Crippen LogP contribution is -2.18. The zero-order valence-electron chi connectivity index (χ0n) is 16.0. The average molecular weight is 447 g/mol. The monoisotopic (exact) mass is 446 g/mol. The molecule has 0 spiro atoms. The maximum Gasteiger partial charge on any atom is 0.349 e. The van der Waals surface area contributed by atoms with E-state index in [4.69, 9.17) is 37.4 Å². The number of carboxylic acids is 1. The molecule has 0 fully saturated rings. The van der Waals surface area contributed by atoms with Crippen LogP contribution in [-0.2, 0) is 4.79 Å². The first-order chi connectivity index (χ1) is 14.5. The number of halogens is 2. The number of carbonyl (C=O) groups is 1. The van der Waals surface area contributed by atoms with Crippen molar-refractivity contribution < 1.29 is 24.1 Å². The number of hydrogen-bond donors (Lipinski definition) is 1. The topological polar surface area (TPSA) is 65.0 Å². The van der Waals surface area contributed by atoms with E-state index in [0.29, 0.717) is 46.7 Å². The first kappa shape index (κ1) is 21.8. The zero-order chi connectivity index (χ0) is 21.3.